The summed E-state index contributed by atoms with van der Waals surface area (Å²) < 4.78 is 5.36. The van der Waals surface area contributed by atoms with Gasteiger partial charge in [-0.15, -0.1) is 0 Å². The molecule has 0 bridgehead atoms. The molecule has 2 amide bonds. The lowest BCUT2D eigenvalue weighted by atomic mass is 9.92. The highest BCUT2D eigenvalue weighted by atomic mass is 16.5. The maximum Gasteiger partial charge on any atom is 0.227 e. The van der Waals surface area contributed by atoms with Crippen LogP contribution in [0.25, 0.3) is 0 Å². The van der Waals surface area contributed by atoms with Gasteiger partial charge >= 0.3 is 0 Å². The van der Waals surface area contributed by atoms with Crippen molar-refractivity contribution >= 4 is 11.8 Å². The predicted octanol–water partition coefficient (Wildman–Crippen LogP) is 0.0152. The number of likely N-dealkylation sites (tertiary alicyclic amines) is 2. The summed E-state index contributed by atoms with van der Waals surface area (Å²) in [5.41, 5.74) is 0. The Morgan fingerprint density at radius 3 is 2.58 bits per heavy atom. The van der Waals surface area contributed by atoms with Crippen molar-refractivity contribution in [3.05, 3.63) is 0 Å². The minimum atomic E-state index is -0.138. The molecule has 7 nitrogen and oxygen atoms in total. The zero-order valence-electron chi connectivity index (χ0n) is 16.1. The van der Waals surface area contributed by atoms with Gasteiger partial charge in [-0.05, 0) is 38.8 Å². The highest BCUT2D eigenvalue weighted by Gasteiger charge is 2.37. The first kappa shape index (κ1) is 19.6. The highest BCUT2D eigenvalue weighted by molar-refractivity contribution is 5.89. The van der Waals surface area contributed by atoms with Gasteiger partial charge in [0.05, 0.1) is 19.1 Å². The normalized spacial score (nSPS) is 25.9. The van der Waals surface area contributed by atoms with Crippen LogP contribution < -0.4 is 5.32 Å². The Morgan fingerprint density at radius 1 is 1.15 bits per heavy atom. The van der Waals surface area contributed by atoms with Gasteiger partial charge in [-0.1, -0.05) is 0 Å². The van der Waals surface area contributed by atoms with E-state index >= 15 is 0 Å². The fourth-order valence-corrected chi connectivity index (χ4v) is 4.29. The summed E-state index contributed by atoms with van der Waals surface area (Å²) in [4.78, 5) is 31.4. The molecule has 0 aliphatic carbocycles. The summed E-state index contributed by atoms with van der Waals surface area (Å²) in [6.07, 6.45) is 3.76. The summed E-state index contributed by atoms with van der Waals surface area (Å²) >= 11 is 0. The number of carbonyl (C=O) groups excluding carboxylic acids is 2. The number of nitrogens with one attached hydrogen (secondary N) is 1. The fraction of sp³-hybridized carbons (Fsp3) is 0.895. The monoisotopic (exact) mass is 366 g/mol. The summed E-state index contributed by atoms with van der Waals surface area (Å²) in [6, 6.07) is 0. The third-order valence-electron chi connectivity index (χ3n) is 6.08. The van der Waals surface area contributed by atoms with E-state index in [1.54, 1.807) is 0 Å². The summed E-state index contributed by atoms with van der Waals surface area (Å²) in [7, 11) is 1.99. The molecule has 3 aliphatic heterocycles. The molecule has 3 saturated heterocycles. The number of carbonyl (C=O) groups is 2. The van der Waals surface area contributed by atoms with Crippen LogP contribution in [0, 0.1) is 11.8 Å². The summed E-state index contributed by atoms with van der Waals surface area (Å²) in [5, 5.41) is 3.21. The van der Waals surface area contributed by atoms with E-state index in [0.717, 1.165) is 77.8 Å². The van der Waals surface area contributed by atoms with Gasteiger partial charge in [0.25, 0.3) is 0 Å². The molecule has 0 saturated carbocycles. The number of amides is 2. The summed E-state index contributed by atoms with van der Waals surface area (Å²) in [6.45, 7) is 8.40. The van der Waals surface area contributed by atoms with E-state index in [9.17, 15) is 9.59 Å². The zero-order chi connectivity index (χ0) is 18.4. The second kappa shape index (κ2) is 9.67. The molecule has 1 N–H and O–H groups in total. The van der Waals surface area contributed by atoms with Gasteiger partial charge in [0, 0.05) is 52.2 Å². The molecule has 148 valence electrons. The SMILES string of the molecule is CNCCC1CCN(C(=O)C2CC(=O)N(CCN3CCOCC3)C2)CC1. The molecular weight excluding hydrogens is 332 g/mol. The quantitative estimate of drug-likeness (QED) is 0.688. The Morgan fingerprint density at radius 2 is 1.88 bits per heavy atom. The van der Waals surface area contributed by atoms with Crippen molar-refractivity contribution < 1.29 is 14.3 Å². The smallest absolute Gasteiger partial charge is 0.227 e. The Labute approximate surface area is 157 Å². The highest BCUT2D eigenvalue weighted by Crippen LogP contribution is 2.25. The first-order valence-electron chi connectivity index (χ1n) is 10.2. The number of hydrogen-bond acceptors (Lipinski definition) is 5. The summed E-state index contributed by atoms with van der Waals surface area (Å²) in [5.74, 6) is 0.919. The lowest BCUT2D eigenvalue weighted by Gasteiger charge is -2.33. The maximum atomic E-state index is 12.8. The zero-order valence-corrected chi connectivity index (χ0v) is 16.1. The van der Waals surface area contributed by atoms with Crippen molar-refractivity contribution in [3.8, 4) is 0 Å². The average Bonchev–Trinajstić information content (AvgIpc) is 3.06. The predicted molar refractivity (Wildman–Crippen MR) is 99.8 cm³/mol. The molecule has 3 aliphatic rings. The van der Waals surface area contributed by atoms with Crippen LogP contribution in [-0.2, 0) is 14.3 Å². The minimum Gasteiger partial charge on any atom is -0.379 e. The van der Waals surface area contributed by atoms with Gasteiger partial charge < -0.3 is 19.9 Å². The van der Waals surface area contributed by atoms with E-state index in [1.165, 1.54) is 6.42 Å². The van der Waals surface area contributed by atoms with Gasteiger partial charge in [0.1, 0.15) is 0 Å². The third-order valence-corrected chi connectivity index (χ3v) is 6.08. The van der Waals surface area contributed by atoms with Crippen LogP contribution in [-0.4, -0.2) is 99.1 Å². The van der Waals surface area contributed by atoms with E-state index in [4.69, 9.17) is 4.74 Å². The molecule has 3 rings (SSSR count). The van der Waals surface area contributed by atoms with Gasteiger partial charge in [-0.2, -0.15) is 0 Å². The van der Waals surface area contributed by atoms with Gasteiger partial charge in [0.15, 0.2) is 0 Å². The number of piperidine rings is 1. The second-order valence-electron chi connectivity index (χ2n) is 7.86. The van der Waals surface area contributed by atoms with E-state index in [0.29, 0.717) is 13.0 Å². The van der Waals surface area contributed by atoms with Crippen molar-refractivity contribution in [3.63, 3.8) is 0 Å². The van der Waals surface area contributed by atoms with Gasteiger partial charge in [-0.25, -0.2) is 0 Å². The number of morpholine rings is 1. The van der Waals surface area contributed by atoms with Crippen LogP contribution in [0.5, 0.6) is 0 Å². The van der Waals surface area contributed by atoms with Crippen LogP contribution in [0.15, 0.2) is 0 Å². The first-order valence-corrected chi connectivity index (χ1v) is 10.2. The molecule has 0 radical (unpaired) electrons. The van der Waals surface area contributed by atoms with Crippen LogP contribution in [0.3, 0.4) is 0 Å². The molecule has 0 aromatic carbocycles. The Hall–Kier alpha value is -1.18. The molecule has 0 spiro atoms. The van der Waals surface area contributed by atoms with E-state index in [-0.39, 0.29) is 17.7 Å². The van der Waals surface area contributed by atoms with Crippen molar-refractivity contribution in [2.75, 3.05) is 72.6 Å². The molecule has 1 atom stereocenters. The average molecular weight is 367 g/mol. The third kappa shape index (κ3) is 5.18. The molecule has 3 fully saturated rings. The van der Waals surface area contributed by atoms with Crippen molar-refractivity contribution in [1.29, 1.82) is 0 Å². The van der Waals surface area contributed by atoms with Crippen molar-refractivity contribution in [2.24, 2.45) is 11.8 Å². The Bertz CT molecular complexity index is 473. The molecule has 0 aromatic heterocycles. The molecule has 7 heteroatoms. The van der Waals surface area contributed by atoms with Crippen LogP contribution >= 0.6 is 0 Å². The first-order chi connectivity index (χ1) is 12.7. The van der Waals surface area contributed by atoms with E-state index < -0.39 is 0 Å². The van der Waals surface area contributed by atoms with Crippen LogP contribution in [0.2, 0.25) is 0 Å². The molecule has 1 unspecified atom stereocenters. The van der Waals surface area contributed by atoms with Crippen molar-refractivity contribution in [1.82, 2.24) is 20.0 Å². The topological polar surface area (TPSA) is 65.1 Å². The molecular formula is C19H34N4O3. The van der Waals surface area contributed by atoms with E-state index in [2.05, 4.69) is 10.2 Å². The Balaban J connectivity index is 1.40. The van der Waals surface area contributed by atoms with Crippen molar-refractivity contribution in [2.45, 2.75) is 25.7 Å². The Kier molecular flexibility index (Phi) is 7.28. The number of rotatable bonds is 7. The largest absolute Gasteiger partial charge is 0.379 e. The molecule has 3 heterocycles. The van der Waals surface area contributed by atoms with E-state index in [1.807, 2.05) is 16.8 Å². The molecule has 0 aromatic rings. The van der Waals surface area contributed by atoms with Crippen LogP contribution in [0.1, 0.15) is 25.7 Å². The number of ether oxygens (including phenoxy) is 1. The van der Waals surface area contributed by atoms with Crippen LogP contribution in [0.4, 0.5) is 0 Å². The second-order valence-corrected chi connectivity index (χ2v) is 7.86. The fourth-order valence-electron chi connectivity index (χ4n) is 4.29. The minimum absolute atomic E-state index is 0.138. The maximum absolute atomic E-state index is 12.8. The number of nitrogens with zero attached hydrogens (tertiary/aromatic N) is 3. The standard InChI is InChI=1S/C19H34N4O3/c1-20-5-2-16-3-6-22(7-4-16)19(25)17-14-18(24)23(15-17)9-8-21-10-12-26-13-11-21/h16-17,20H,2-15H2,1H3. The number of hydrogen-bond donors (Lipinski definition) is 1. The lowest BCUT2D eigenvalue weighted by molar-refractivity contribution is -0.137. The molecule has 26 heavy (non-hydrogen) atoms. The lowest BCUT2D eigenvalue weighted by Crippen LogP contribution is -2.44. The van der Waals surface area contributed by atoms with Gasteiger partial charge in [-0.3, -0.25) is 14.5 Å². The van der Waals surface area contributed by atoms with Gasteiger partial charge in [0.2, 0.25) is 11.8 Å².